The minimum absolute atomic E-state index is 0.281. The molecule has 0 spiro atoms. The zero-order valence-corrected chi connectivity index (χ0v) is 10.4. The Hall–Kier alpha value is -0.500. The molecule has 0 amide bonds. The number of nitrogens with zero attached hydrogens (tertiary/aromatic N) is 2. The van der Waals surface area contributed by atoms with Crippen molar-refractivity contribution in [2.24, 2.45) is 0 Å². The Morgan fingerprint density at radius 3 is 2.71 bits per heavy atom. The molecule has 0 aliphatic carbocycles. The third kappa shape index (κ3) is 1.95. The Morgan fingerprint density at radius 2 is 2.14 bits per heavy atom. The second kappa shape index (κ2) is 3.93. The molecular formula is C8H3BrFIN2O. The summed E-state index contributed by atoms with van der Waals surface area (Å²) in [5, 5.41) is 7.45. The topological polar surface area (TPSA) is 38.9 Å². The normalized spacial score (nSPS) is 10.5. The van der Waals surface area contributed by atoms with Crippen LogP contribution in [0.4, 0.5) is 4.39 Å². The van der Waals surface area contributed by atoms with Crippen LogP contribution in [0.15, 0.2) is 27.4 Å². The van der Waals surface area contributed by atoms with E-state index in [1.807, 2.05) is 22.6 Å². The molecule has 14 heavy (non-hydrogen) atoms. The molecule has 0 atom stereocenters. The summed E-state index contributed by atoms with van der Waals surface area (Å²) in [5.74, 6) is 0.0954. The van der Waals surface area contributed by atoms with Gasteiger partial charge in [-0.05, 0) is 40.8 Å². The third-order valence-corrected chi connectivity index (χ3v) is 2.77. The molecule has 2 aromatic rings. The zero-order valence-electron chi connectivity index (χ0n) is 6.67. The maximum atomic E-state index is 12.8. The third-order valence-electron chi connectivity index (χ3n) is 1.56. The standard InChI is InChI=1S/C8H3BrFIN2O/c9-8-13-12-7(14-8)5-2-1-4(10)3-6(5)11/h1-3H. The first kappa shape index (κ1) is 10.0. The smallest absolute Gasteiger partial charge is 0.285 e. The lowest BCUT2D eigenvalue weighted by molar-refractivity contribution is 0.539. The van der Waals surface area contributed by atoms with E-state index in [2.05, 4.69) is 26.1 Å². The molecule has 0 N–H and O–H groups in total. The summed E-state index contributed by atoms with van der Waals surface area (Å²) in [6, 6.07) is 4.38. The molecule has 0 bridgehead atoms. The second-order valence-electron chi connectivity index (χ2n) is 2.48. The van der Waals surface area contributed by atoms with E-state index in [9.17, 15) is 4.39 Å². The molecule has 0 unspecified atom stereocenters. The van der Waals surface area contributed by atoms with Gasteiger partial charge in [0, 0.05) is 19.5 Å². The van der Waals surface area contributed by atoms with E-state index in [0.29, 0.717) is 10.7 Å². The average molecular weight is 369 g/mol. The van der Waals surface area contributed by atoms with E-state index in [1.54, 1.807) is 6.07 Å². The lowest BCUT2D eigenvalue weighted by Crippen LogP contribution is -1.84. The fourth-order valence-electron chi connectivity index (χ4n) is 0.977. The van der Waals surface area contributed by atoms with Crippen LogP contribution in [0.3, 0.4) is 0 Å². The maximum Gasteiger partial charge on any atom is 0.285 e. The molecule has 0 aliphatic heterocycles. The number of halogens is 3. The first-order chi connectivity index (χ1) is 6.66. The Labute approximate surface area is 101 Å². The molecule has 6 heteroatoms. The Balaban J connectivity index is 2.52. The molecule has 1 aromatic carbocycles. The number of rotatable bonds is 1. The number of hydrogen-bond donors (Lipinski definition) is 0. The number of hydrogen-bond acceptors (Lipinski definition) is 3. The van der Waals surface area contributed by atoms with E-state index in [1.165, 1.54) is 12.1 Å². The number of aromatic nitrogens is 2. The van der Waals surface area contributed by atoms with Gasteiger partial charge in [0.05, 0.1) is 5.56 Å². The monoisotopic (exact) mass is 368 g/mol. The summed E-state index contributed by atoms with van der Waals surface area (Å²) in [4.78, 5) is 0.313. The predicted octanol–water partition coefficient (Wildman–Crippen LogP) is 3.24. The van der Waals surface area contributed by atoms with Crippen LogP contribution in [0.5, 0.6) is 0 Å². The van der Waals surface area contributed by atoms with Crippen LogP contribution in [0, 0.1) is 9.39 Å². The lowest BCUT2D eigenvalue weighted by atomic mass is 10.2. The molecule has 2 rings (SSSR count). The first-order valence-corrected chi connectivity index (χ1v) is 5.48. The highest BCUT2D eigenvalue weighted by Gasteiger charge is 2.10. The lowest BCUT2D eigenvalue weighted by Gasteiger charge is -1.97. The van der Waals surface area contributed by atoms with Gasteiger partial charge < -0.3 is 4.42 Å². The van der Waals surface area contributed by atoms with Crippen molar-refractivity contribution in [2.75, 3.05) is 0 Å². The van der Waals surface area contributed by atoms with Gasteiger partial charge >= 0.3 is 0 Å². The van der Waals surface area contributed by atoms with E-state index in [0.717, 1.165) is 9.13 Å². The molecule has 0 saturated carbocycles. The summed E-state index contributed by atoms with van der Waals surface area (Å²) >= 11 is 5.07. The molecule has 0 saturated heterocycles. The summed E-state index contributed by atoms with van der Waals surface area (Å²) < 4.78 is 18.7. The van der Waals surface area contributed by atoms with Crippen LogP contribution in [0.2, 0.25) is 0 Å². The van der Waals surface area contributed by atoms with Gasteiger partial charge in [-0.2, -0.15) is 0 Å². The van der Waals surface area contributed by atoms with Crippen LogP contribution in [-0.4, -0.2) is 10.2 Å². The van der Waals surface area contributed by atoms with Crippen molar-refractivity contribution in [1.29, 1.82) is 0 Å². The van der Waals surface area contributed by atoms with E-state index >= 15 is 0 Å². The predicted molar refractivity (Wildman–Crippen MR) is 60.1 cm³/mol. The van der Waals surface area contributed by atoms with Gasteiger partial charge in [0.15, 0.2) is 0 Å². The van der Waals surface area contributed by atoms with Gasteiger partial charge in [-0.1, -0.05) is 0 Å². The Kier molecular flexibility index (Phi) is 2.82. The Morgan fingerprint density at radius 1 is 1.36 bits per heavy atom. The van der Waals surface area contributed by atoms with Crippen molar-refractivity contribution in [3.63, 3.8) is 0 Å². The van der Waals surface area contributed by atoms with Gasteiger partial charge in [0.1, 0.15) is 5.82 Å². The molecule has 0 fully saturated rings. The quantitative estimate of drug-likeness (QED) is 0.725. The van der Waals surface area contributed by atoms with Crippen LogP contribution in [0.25, 0.3) is 11.5 Å². The minimum Gasteiger partial charge on any atom is -0.411 e. The highest BCUT2D eigenvalue weighted by Crippen LogP contribution is 2.25. The highest BCUT2D eigenvalue weighted by atomic mass is 127. The van der Waals surface area contributed by atoms with Crippen LogP contribution in [0.1, 0.15) is 0 Å². The fourth-order valence-corrected chi connectivity index (χ4v) is 1.92. The van der Waals surface area contributed by atoms with E-state index < -0.39 is 0 Å². The summed E-state index contributed by atoms with van der Waals surface area (Å²) in [6.07, 6.45) is 0. The van der Waals surface area contributed by atoms with Gasteiger partial charge in [-0.3, -0.25) is 0 Å². The summed E-state index contributed by atoms with van der Waals surface area (Å²) in [7, 11) is 0. The van der Waals surface area contributed by atoms with Crippen molar-refractivity contribution >= 4 is 38.5 Å². The van der Waals surface area contributed by atoms with E-state index in [4.69, 9.17) is 4.42 Å². The molecule has 72 valence electrons. The van der Waals surface area contributed by atoms with E-state index in [-0.39, 0.29) is 5.82 Å². The molecule has 0 aliphatic rings. The summed E-state index contributed by atoms with van der Waals surface area (Å²) in [6.45, 7) is 0. The first-order valence-electron chi connectivity index (χ1n) is 3.61. The van der Waals surface area contributed by atoms with Gasteiger partial charge in [0.2, 0.25) is 5.89 Å². The van der Waals surface area contributed by atoms with Crippen molar-refractivity contribution in [1.82, 2.24) is 10.2 Å². The fraction of sp³-hybridized carbons (Fsp3) is 0. The van der Waals surface area contributed by atoms with Crippen LogP contribution >= 0.6 is 38.5 Å². The van der Waals surface area contributed by atoms with Crippen molar-refractivity contribution in [3.8, 4) is 11.5 Å². The SMILES string of the molecule is Fc1ccc(-c2nnc(Br)o2)c(I)c1. The average Bonchev–Trinajstić information content (AvgIpc) is 2.51. The van der Waals surface area contributed by atoms with Gasteiger partial charge in [-0.25, -0.2) is 4.39 Å². The van der Waals surface area contributed by atoms with Crippen molar-refractivity contribution in [3.05, 3.63) is 32.4 Å². The number of benzene rings is 1. The Bertz CT molecular complexity index is 474. The summed E-state index contributed by atoms with van der Waals surface area (Å²) in [5.41, 5.74) is 0.727. The molecule has 1 aromatic heterocycles. The van der Waals surface area contributed by atoms with Crippen molar-refractivity contribution in [2.45, 2.75) is 0 Å². The van der Waals surface area contributed by atoms with Gasteiger partial charge in [0.25, 0.3) is 4.80 Å². The molecule has 0 radical (unpaired) electrons. The van der Waals surface area contributed by atoms with Crippen LogP contribution in [-0.2, 0) is 0 Å². The minimum atomic E-state index is -0.281. The highest BCUT2D eigenvalue weighted by molar-refractivity contribution is 14.1. The molecular weight excluding hydrogens is 366 g/mol. The maximum absolute atomic E-state index is 12.8. The molecule has 3 nitrogen and oxygen atoms in total. The zero-order chi connectivity index (χ0) is 10.1. The van der Waals surface area contributed by atoms with Crippen molar-refractivity contribution < 1.29 is 8.81 Å². The largest absolute Gasteiger partial charge is 0.411 e. The van der Waals surface area contributed by atoms with Crippen LogP contribution < -0.4 is 0 Å². The molecule has 1 heterocycles. The van der Waals surface area contributed by atoms with Gasteiger partial charge in [-0.15, -0.1) is 10.2 Å². The second-order valence-corrected chi connectivity index (χ2v) is 4.32.